The van der Waals surface area contributed by atoms with Gasteiger partial charge in [0.15, 0.2) is 34.5 Å². The van der Waals surface area contributed by atoms with E-state index in [1.807, 2.05) is 92.7 Å². The lowest BCUT2D eigenvalue weighted by Gasteiger charge is -2.22. The number of unbranched alkanes of at least 4 members (excludes halogenated alkanes) is 1. The summed E-state index contributed by atoms with van der Waals surface area (Å²) in [4.78, 5) is 9.73. The van der Waals surface area contributed by atoms with Crippen LogP contribution in [0.1, 0.15) is 24.0 Å². The standard InChI is InChI=1S/C42H34Cl2N2O7/c1-24-6-11-27(12-7-24)48-18-4-5-19-49-34-21-32-33(22-35(34)51-23-50-28-13-8-25(2)9-14-28)52-41-36(43)39-42(37(44)38(41)46-32)53-40-30-16-15-29(47-3)20-26(30)10-17-31(40)45-39/h6-17,20-22H,4-5,18-19,23H2,1-3H3. The molecule has 11 heteroatoms. The van der Waals surface area contributed by atoms with E-state index >= 15 is 0 Å². The molecule has 9 nitrogen and oxygen atoms in total. The van der Waals surface area contributed by atoms with E-state index < -0.39 is 0 Å². The zero-order valence-corrected chi connectivity index (χ0v) is 30.7. The minimum Gasteiger partial charge on any atom is -0.497 e. The van der Waals surface area contributed by atoms with Crippen LogP contribution in [0.25, 0.3) is 10.8 Å². The Morgan fingerprint density at radius 3 is 1.87 bits per heavy atom. The number of ether oxygens (including phenoxy) is 7. The van der Waals surface area contributed by atoms with E-state index in [0.717, 1.165) is 40.7 Å². The smallest absolute Gasteiger partial charge is 0.231 e. The molecule has 0 N–H and O–H groups in total. The van der Waals surface area contributed by atoms with Gasteiger partial charge in [-0.2, -0.15) is 0 Å². The molecule has 2 aliphatic heterocycles. The van der Waals surface area contributed by atoms with Gasteiger partial charge in [-0.3, -0.25) is 0 Å². The van der Waals surface area contributed by atoms with Crippen molar-refractivity contribution in [2.24, 2.45) is 9.98 Å². The Bertz CT molecular complexity index is 2470. The predicted octanol–water partition coefficient (Wildman–Crippen LogP) is 10.5. The largest absolute Gasteiger partial charge is 0.497 e. The van der Waals surface area contributed by atoms with Crippen LogP contribution in [0.5, 0.6) is 51.7 Å². The topological polar surface area (TPSA) is 89.3 Å². The Hall–Kier alpha value is -5.64. The average molecular weight is 750 g/mol. The molecule has 0 fully saturated rings. The van der Waals surface area contributed by atoms with Gasteiger partial charge in [-0.15, -0.1) is 0 Å². The molecule has 0 amide bonds. The van der Waals surface area contributed by atoms with Crippen LogP contribution in [-0.2, 0) is 0 Å². The Kier molecular flexibility index (Phi) is 9.60. The molecule has 53 heavy (non-hydrogen) atoms. The maximum absolute atomic E-state index is 7.02. The summed E-state index contributed by atoms with van der Waals surface area (Å²) in [7, 11) is 1.63. The summed E-state index contributed by atoms with van der Waals surface area (Å²) in [5.41, 5.74) is 3.40. The fraction of sp³-hybridized carbons (Fsp3) is 0.190. The summed E-state index contributed by atoms with van der Waals surface area (Å²) in [6, 6.07) is 28.7. The third kappa shape index (κ3) is 7.10. The molecule has 0 bridgehead atoms. The number of fused-ring (bicyclic) bond motifs is 6. The highest BCUT2D eigenvalue weighted by molar-refractivity contribution is 6.35. The maximum atomic E-state index is 7.02. The minimum atomic E-state index is -0.0620. The summed E-state index contributed by atoms with van der Waals surface area (Å²) in [6.45, 7) is 4.98. The van der Waals surface area contributed by atoms with Crippen molar-refractivity contribution in [3.63, 3.8) is 0 Å². The molecule has 0 saturated carbocycles. The average Bonchev–Trinajstić information content (AvgIpc) is 3.18. The Labute approximate surface area is 315 Å². The Morgan fingerprint density at radius 2 is 1.17 bits per heavy atom. The van der Waals surface area contributed by atoms with Gasteiger partial charge in [-0.1, -0.05) is 64.7 Å². The van der Waals surface area contributed by atoms with Crippen LogP contribution in [0.3, 0.4) is 0 Å². The lowest BCUT2D eigenvalue weighted by molar-refractivity contribution is 0.114. The van der Waals surface area contributed by atoms with Crippen molar-refractivity contribution in [3.05, 3.63) is 123 Å². The van der Waals surface area contributed by atoms with Gasteiger partial charge in [0.2, 0.25) is 6.79 Å². The van der Waals surface area contributed by atoms with E-state index in [1.54, 1.807) is 19.2 Å². The lowest BCUT2D eigenvalue weighted by Crippen LogP contribution is -2.22. The summed E-state index contributed by atoms with van der Waals surface area (Å²) < 4.78 is 42.3. The molecule has 6 aromatic rings. The first-order chi connectivity index (χ1) is 25.8. The van der Waals surface area contributed by atoms with Crippen molar-refractivity contribution >= 4 is 45.3 Å². The molecular formula is C42H34Cl2N2O7. The number of hydrogen-bond donors (Lipinski definition) is 0. The Balaban J connectivity index is 1.07. The van der Waals surface area contributed by atoms with Gasteiger partial charge < -0.3 is 33.2 Å². The number of rotatable bonds is 12. The van der Waals surface area contributed by atoms with Gasteiger partial charge in [0.05, 0.1) is 20.3 Å². The molecule has 0 aliphatic carbocycles. The maximum Gasteiger partial charge on any atom is 0.231 e. The van der Waals surface area contributed by atoms with Gasteiger partial charge in [0.25, 0.3) is 0 Å². The monoisotopic (exact) mass is 748 g/mol. The van der Waals surface area contributed by atoms with E-state index in [4.69, 9.17) is 66.3 Å². The van der Waals surface area contributed by atoms with Gasteiger partial charge in [-0.05, 0) is 80.6 Å². The van der Waals surface area contributed by atoms with Gasteiger partial charge in [-0.25, -0.2) is 9.98 Å². The van der Waals surface area contributed by atoms with Crippen LogP contribution in [0.2, 0.25) is 10.0 Å². The van der Waals surface area contributed by atoms with Crippen molar-refractivity contribution in [2.45, 2.75) is 26.7 Å². The zero-order valence-electron chi connectivity index (χ0n) is 29.2. The van der Waals surface area contributed by atoms with Crippen LogP contribution in [0.15, 0.2) is 101 Å². The van der Waals surface area contributed by atoms with Crippen LogP contribution in [-0.4, -0.2) is 27.1 Å². The van der Waals surface area contributed by atoms with Crippen molar-refractivity contribution in [1.82, 2.24) is 0 Å². The van der Waals surface area contributed by atoms with Gasteiger partial charge >= 0.3 is 0 Å². The molecule has 0 atom stereocenters. The lowest BCUT2D eigenvalue weighted by atomic mass is 10.1. The molecule has 0 spiro atoms. The molecular weight excluding hydrogens is 715 g/mol. The molecule has 268 valence electrons. The fourth-order valence-electron chi connectivity index (χ4n) is 5.98. The number of aryl methyl sites for hydroxylation is 2. The van der Waals surface area contributed by atoms with Gasteiger partial charge in [0, 0.05) is 17.5 Å². The minimum absolute atomic E-state index is 0.0620. The third-order valence-corrected chi connectivity index (χ3v) is 9.56. The zero-order chi connectivity index (χ0) is 36.5. The van der Waals surface area contributed by atoms with E-state index in [-0.39, 0.29) is 22.6 Å². The molecule has 0 saturated heterocycles. The normalized spacial score (nSPS) is 12.1. The summed E-state index contributed by atoms with van der Waals surface area (Å²) >= 11 is 14.0. The quantitative estimate of drug-likeness (QED) is 0.0907. The van der Waals surface area contributed by atoms with E-state index in [9.17, 15) is 0 Å². The number of methoxy groups -OCH3 is 1. The Morgan fingerprint density at radius 1 is 0.566 bits per heavy atom. The van der Waals surface area contributed by atoms with Crippen LogP contribution in [0, 0.1) is 13.8 Å². The summed E-state index contributed by atoms with van der Waals surface area (Å²) in [5.74, 6) is 4.64. The van der Waals surface area contributed by atoms with Crippen molar-refractivity contribution in [3.8, 4) is 51.7 Å². The van der Waals surface area contributed by atoms with Crippen molar-refractivity contribution < 1.29 is 33.2 Å². The predicted molar refractivity (Wildman–Crippen MR) is 204 cm³/mol. The highest BCUT2D eigenvalue weighted by atomic mass is 35.5. The van der Waals surface area contributed by atoms with E-state index in [0.29, 0.717) is 69.8 Å². The summed E-state index contributed by atoms with van der Waals surface area (Å²) in [5, 5.41) is 2.88. The highest BCUT2D eigenvalue weighted by Gasteiger charge is 2.29. The molecule has 2 heterocycles. The third-order valence-electron chi connectivity index (χ3n) is 8.85. The first-order valence-corrected chi connectivity index (χ1v) is 17.9. The highest BCUT2D eigenvalue weighted by Crippen LogP contribution is 2.47. The van der Waals surface area contributed by atoms with Crippen molar-refractivity contribution in [2.75, 3.05) is 27.1 Å². The SMILES string of the molecule is COc1ccc2c3c(ccc2c1)N=c1c(Cl)c2c(c(Cl)c1O3)=Nc1cc(OCCCCOc3ccc(C)cc3)c(OCOc3ccc(C)cc3)cc1O2. The van der Waals surface area contributed by atoms with Gasteiger partial charge in [0.1, 0.15) is 49.4 Å². The molecule has 6 aromatic carbocycles. The molecule has 2 aliphatic rings. The number of hydrogen-bond acceptors (Lipinski definition) is 9. The fourth-order valence-corrected chi connectivity index (χ4v) is 6.50. The number of halogens is 2. The second-order valence-electron chi connectivity index (χ2n) is 12.6. The van der Waals surface area contributed by atoms with E-state index in [2.05, 4.69) is 0 Å². The van der Waals surface area contributed by atoms with Crippen LogP contribution < -0.4 is 43.9 Å². The first kappa shape index (κ1) is 34.4. The first-order valence-electron chi connectivity index (χ1n) is 17.1. The second-order valence-corrected chi connectivity index (χ2v) is 13.4. The number of benzene rings is 6. The molecule has 0 unspecified atom stereocenters. The van der Waals surface area contributed by atoms with E-state index in [1.165, 1.54) is 5.56 Å². The van der Waals surface area contributed by atoms with Crippen molar-refractivity contribution in [1.29, 1.82) is 0 Å². The molecule has 0 radical (unpaired) electrons. The molecule has 8 rings (SSSR count). The summed E-state index contributed by atoms with van der Waals surface area (Å²) in [6.07, 6.45) is 1.54. The number of nitrogens with zero attached hydrogens (tertiary/aromatic N) is 2. The van der Waals surface area contributed by atoms with Crippen LogP contribution >= 0.6 is 23.2 Å². The molecule has 0 aromatic heterocycles. The second kappa shape index (κ2) is 14.8. The van der Waals surface area contributed by atoms with Crippen LogP contribution in [0.4, 0.5) is 11.4 Å².